The topological polar surface area (TPSA) is 42.4 Å². The van der Waals surface area contributed by atoms with Gasteiger partial charge >= 0.3 is 0 Å². The van der Waals surface area contributed by atoms with Crippen LogP contribution in [0.3, 0.4) is 0 Å². The number of halogens is 1. The molecule has 0 aliphatic carbocycles. The van der Waals surface area contributed by atoms with Crippen LogP contribution in [0.4, 0.5) is 0 Å². The fourth-order valence-electron chi connectivity index (χ4n) is 2.28. The van der Waals surface area contributed by atoms with E-state index < -0.39 is 0 Å². The highest BCUT2D eigenvalue weighted by Crippen LogP contribution is 2.22. The summed E-state index contributed by atoms with van der Waals surface area (Å²) in [5, 5.41) is 0.486. The summed E-state index contributed by atoms with van der Waals surface area (Å²) in [6.45, 7) is 5.93. The number of carbonyl (C=O) groups excluding carboxylic acids is 1. The second kappa shape index (κ2) is 6.24. The first-order valence-electron chi connectivity index (χ1n) is 6.56. The summed E-state index contributed by atoms with van der Waals surface area (Å²) in [7, 11) is 0. The highest BCUT2D eigenvalue weighted by molar-refractivity contribution is 6.29. The molecule has 0 N–H and O–H groups in total. The Morgan fingerprint density at radius 3 is 2.79 bits per heavy atom. The second-order valence-corrected chi connectivity index (χ2v) is 5.42. The molecule has 104 valence electrons. The van der Waals surface area contributed by atoms with E-state index in [-0.39, 0.29) is 5.91 Å². The maximum absolute atomic E-state index is 11.2. The number of likely N-dealkylation sites (tertiary alicyclic amines) is 1. The van der Waals surface area contributed by atoms with E-state index in [1.165, 1.54) is 0 Å². The van der Waals surface area contributed by atoms with E-state index in [0.717, 1.165) is 37.2 Å². The van der Waals surface area contributed by atoms with E-state index in [0.29, 0.717) is 17.7 Å². The first-order valence-corrected chi connectivity index (χ1v) is 6.94. The highest BCUT2D eigenvalue weighted by atomic mass is 35.5. The van der Waals surface area contributed by atoms with Gasteiger partial charge < -0.3 is 9.64 Å². The number of nitrogens with zero attached hydrogens (tertiary/aromatic N) is 2. The van der Waals surface area contributed by atoms with Crippen LogP contribution in [0.5, 0.6) is 5.75 Å². The lowest BCUT2D eigenvalue weighted by Crippen LogP contribution is -2.38. The summed E-state index contributed by atoms with van der Waals surface area (Å²) >= 11 is 5.81. The number of pyridine rings is 1. The number of ether oxygens (including phenoxy) is 1. The molecule has 0 radical (unpaired) electrons. The van der Waals surface area contributed by atoms with Crippen LogP contribution in [-0.2, 0) is 4.79 Å². The Hall–Kier alpha value is -1.29. The predicted octanol–water partition coefficient (Wildman–Crippen LogP) is 2.68. The highest BCUT2D eigenvalue weighted by Gasteiger charge is 2.21. The maximum Gasteiger partial charge on any atom is 0.219 e. The molecule has 1 aromatic heterocycles. The number of carbonyl (C=O) groups is 1. The van der Waals surface area contributed by atoms with Gasteiger partial charge in [-0.15, -0.1) is 0 Å². The Labute approximate surface area is 118 Å². The average molecular weight is 283 g/mol. The van der Waals surface area contributed by atoms with Gasteiger partial charge in [0.2, 0.25) is 5.91 Å². The number of aromatic nitrogens is 1. The summed E-state index contributed by atoms with van der Waals surface area (Å²) in [4.78, 5) is 17.2. The molecule has 0 aromatic carbocycles. The molecule has 0 atom stereocenters. The van der Waals surface area contributed by atoms with E-state index in [9.17, 15) is 4.79 Å². The van der Waals surface area contributed by atoms with Crippen LogP contribution in [0.2, 0.25) is 5.15 Å². The molecule has 0 saturated carbocycles. The van der Waals surface area contributed by atoms with Gasteiger partial charge in [-0.05, 0) is 37.3 Å². The van der Waals surface area contributed by atoms with Crippen molar-refractivity contribution in [2.75, 3.05) is 19.7 Å². The Morgan fingerprint density at radius 2 is 2.21 bits per heavy atom. The minimum atomic E-state index is 0.164. The Balaban J connectivity index is 1.82. The van der Waals surface area contributed by atoms with Crippen molar-refractivity contribution in [3.05, 3.63) is 23.0 Å². The van der Waals surface area contributed by atoms with E-state index in [1.807, 2.05) is 11.8 Å². The molecule has 1 fully saturated rings. The van der Waals surface area contributed by atoms with Crippen molar-refractivity contribution in [1.29, 1.82) is 0 Å². The minimum absolute atomic E-state index is 0.164. The summed E-state index contributed by atoms with van der Waals surface area (Å²) < 4.78 is 5.80. The zero-order chi connectivity index (χ0) is 13.8. The molecule has 1 amide bonds. The zero-order valence-electron chi connectivity index (χ0n) is 11.4. The van der Waals surface area contributed by atoms with Crippen molar-refractivity contribution in [3.8, 4) is 5.75 Å². The molecule has 2 heterocycles. The van der Waals surface area contributed by atoms with Crippen LogP contribution in [0, 0.1) is 12.8 Å². The third-order valence-electron chi connectivity index (χ3n) is 3.56. The minimum Gasteiger partial charge on any atom is -0.491 e. The molecule has 1 saturated heterocycles. The van der Waals surface area contributed by atoms with E-state index >= 15 is 0 Å². The van der Waals surface area contributed by atoms with Gasteiger partial charge in [-0.2, -0.15) is 0 Å². The van der Waals surface area contributed by atoms with Crippen LogP contribution in [0.15, 0.2) is 12.3 Å². The summed E-state index contributed by atoms with van der Waals surface area (Å²) in [6, 6.07) is 1.80. The molecule has 5 heteroatoms. The number of hydrogen-bond donors (Lipinski definition) is 0. The summed E-state index contributed by atoms with van der Waals surface area (Å²) in [6.07, 6.45) is 3.67. The van der Waals surface area contributed by atoms with E-state index in [2.05, 4.69) is 4.98 Å². The molecule has 2 rings (SSSR count). The van der Waals surface area contributed by atoms with Crippen LogP contribution in [0.25, 0.3) is 0 Å². The molecule has 4 nitrogen and oxygen atoms in total. The van der Waals surface area contributed by atoms with Gasteiger partial charge in [-0.3, -0.25) is 4.79 Å². The van der Waals surface area contributed by atoms with Crippen LogP contribution in [0.1, 0.15) is 25.3 Å². The van der Waals surface area contributed by atoms with Crippen LogP contribution in [-0.4, -0.2) is 35.5 Å². The number of amides is 1. The smallest absolute Gasteiger partial charge is 0.219 e. The Bertz CT molecular complexity index is 457. The molecule has 1 aromatic rings. The number of aryl methyl sites for hydroxylation is 1. The Kier molecular flexibility index (Phi) is 4.64. The fourth-order valence-corrected chi connectivity index (χ4v) is 2.49. The molecule has 1 aliphatic rings. The maximum atomic E-state index is 11.2. The predicted molar refractivity (Wildman–Crippen MR) is 74.5 cm³/mol. The number of rotatable bonds is 3. The van der Waals surface area contributed by atoms with Gasteiger partial charge in [0.25, 0.3) is 0 Å². The Morgan fingerprint density at radius 1 is 1.53 bits per heavy atom. The fraction of sp³-hybridized carbons (Fsp3) is 0.571. The standard InChI is InChI=1S/C14H19ClN2O2/c1-10-7-14(15)16-8-13(10)19-9-12-3-5-17(6-4-12)11(2)18/h7-8,12H,3-6,9H2,1-2H3. The largest absolute Gasteiger partial charge is 0.491 e. The van der Waals surface area contributed by atoms with Crippen molar-refractivity contribution >= 4 is 17.5 Å². The van der Waals surface area contributed by atoms with Gasteiger partial charge in [0.15, 0.2) is 0 Å². The van der Waals surface area contributed by atoms with E-state index in [1.54, 1.807) is 19.2 Å². The molecule has 19 heavy (non-hydrogen) atoms. The monoisotopic (exact) mass is 282 g/mol. The zero-order valence-corrected chi connectivity index (χ0v) is 12.1. The number of hydrogen-bond acceptors (Lipinski definition) is 3. The molecular weight excluding hydrogens is 264 g/mol. The lowest BCUT2D eigenvalue weighted by atomic mass is 9.98. The quantitative estimate of drug-likeness (QED) is 0.801. The van der Waals surface area contributed by atoms with Gasteiger partial charge in [-0.1, -0.05) is 11.6 Å². The average Bonchev–Trinajstić information content (AvgIpc) is 2.38. The first kappa shape index (κ1) is 14.1. The van der Waals surface area contributed by atoms with Crippen molar-refractivity contribution in [3.63, 3.8) is 0 Å². The first-order chi connectivity index (χ1) is 9.06. The third kappa shape index (κ3) is 3.83. The summed E-state index contributed by atoms with van der Waals surface area (Å²) in [5.74, 6) is 1.46. The van der Waals surface area contributed by atoms with Crippen molar-refractivity contribution in [1.82, 2.24) is 9.88 Å². The third-order valence-corrected chi connectivity index (χ3v) is 3.77. The van der Waals surface area contributed by atoms with Crippen LogP contribution >= 0.6 is 11.6 Å². The van der Waals surface area contributed by atoms with Crippen molar-refractivity contribution in [2.45, 2.75) is 26.7 Å². The molecule has 0 spiro atoms. The summed E-state index contributed by atoms with van der Waals surface area (Å²) in [5.41, 5.74) is 1.00. The molecular formula is C14H19ClN2O2. The van der Waals surface area contributed by atoms with Gasteiger partial charge in [0.05, 0.1) is 12.8 Å². The van der Waals surface area contributed by atoms with E-state index in [4.69, 9.17) is 16.3 Å². The van der Waals surface area contributed by atoms with Gasteiger partial charge in [0.1, 0.15) is 10.9 Å². The number of piperidine rings is 1. The van der Waals surface area contributed by atoms with Crippen molar-refractivity contribution in [2.24, 2.45) is 5.92 Å². The van der Waals surface area contributed by atoms with Crippen molar-refractivity contribution < 1.29 is 9.53 Å². The SMILES string of the molecule is CC(=O)N1CCC(COc2cnc(Cl)cc2C)CC1. The second-order valence-electron chi connectivity index (χ2n) is 5.03. The van der Waals surface area contributed by atoms with Gasteiger partial charge in [0, 0.05) is 20.0 Å². The normalized spacial score (nSPS) is 16.5. The molecule has 1 aliphatic heterocycles. The van der Waals surface area contributed by atoms with Crippen LogP contribution < -0.4 is 4.74 Å². The lowest BCUT2D eigenvalue weighted by Gasteiger charge is -2.31. The molecule has 0 bridgehead atoms. The molecule has 0 unspecified atom stereocenters. The lowest BCUT2D eigenvalue weighted by molar-refractivity contribution is -0.130. The van der Waals surface area contributed by atoms with Gasteiger partial charge in [-0.25, -0.2) is 4.98 Å².